The smallest absolute Gasteiger partial charge is 0.306 e. The Hall–Kier alpha value is -1.35. The predicted octanol–water partition coefficient (Wildman–Crippen LogP) is 5.93. The van der Waals surface area contributed by atoms with Gasteiger partial charge in [0.1, 0.15) is 5.60 Å². The number of carbonyl (C=O) groups excluding carboxylic acids is 1. The van der Waals surface area contributed by atoms with Gasteiger partial charge in [0.25, 0.3) is 0 Å². The molecule has 0 heterocycles. The summed E-state index contributed by atoms with van der Waals surface area (Å²) in [6.07, 6.45) is 14.2. The Balaban J connectivity index is 4.44. The second-order valence-corrected chi connectivity index (χ2v) is 8.12. The summed E-state index contributed by atoms with van der Waals surface area (Å²) in [5.41, 5.74) is 0.940. The van der Waals surface area contributed by atoms with Gasteiger partial charge in [-0.15, -0.1) is 0 Å². The van der Waals surface area contributed by atoms with Gasteiger partial charge in [0.15, 0.2) is 0 Å². The van der Waals surface area contributed by atoms with E-state index < -0.39 is 5.60 Å². The van der Waals surface area contributed by atoms with E-state index in [9.17, 15) is 4.79 Å². The van der Waals surface area contributed by atoms with E-state index in [0.717, 1.165) is 45.2 Å². The second-order valence-electron chi connectivity index (χ2n) is 8.12. The highest BCUT2D eigenvalue weighted by atomic mass is 16.6. The molecule has 0 spiro atoms. The lowest BCUT2D eigenvalue weighted by atomic mass is 9.97. The van der Waals surface area contributed by atoms with Gasteiger partial charge >= 0.3 is 5.97 Å². The van der Waals surface area contributed by atoms with Gasteiger partial charge in [0.05, 0.1) is 0 Å². The monoisotopic (exact) mass is 363 g/mol. The van der Waals surface area contributed by atoms with Gasteiger partial charge < -0.3 is 9.64 Å². The van der Waals surface area contributed by atoms with Gasteiger partial charge in [-0.1, -0.05) is 56.2 Å². The first-order valence-corrected chi connectivity index (χ1v) is 10.1. The van der Waals surface area contributed by atoms with Crippen LogP contribution < -0.4 is 0 Å². The SMILES string of the molecule is C=C/C=C\C(=C/C)CCCN(C)CC(CCCC)CC(=O)OC(C)(C)C. The van der Waals surface area contributed by atoms with Crippen molar-refractivity contribution in [2.75, 3.05) is 20.1 Å². The fourth-order valence-electron chi connectivity index (χ4n) is 2.97. The molecule has 0 aromatic carbocycles. The average molecular weight is 364 g/mol. The van der Waals surface area contributed by atoms with Crippen LogP contribution in [-0.2, 0) is 9.53 Å². The van der Waals surface area contributed by atoms with E-state index in [1.54, 1.807) is 0 Å². The number of unbranched alkanes of at least 4 members (excludes halogenated alkanes) is 1. The summed E-state index contributed by atoms with van der Waals surface area (Å²) in [4.78, 5) is 14.5. The maximum atomic E-state index is 12.2. The Morgan fingerprint density at radius 3 is 2.50 bits per heavy atom. The van der Waals surface area contributed by atoms with Crippen LogP contribution in [0.5, 0.6) is 0 Å². The number of hydrogen-bond acceptors (Lipinski definition) is 3. The third kappa shape index (κ3) is 13.9. The van der Waals surface area contributed by atoms with Gasteiger partial charge in [-0.25, -0.2) is 0 Å². The van der Waals surface area contributed by atoms with E-state index in [2.05, 4.69) is 44.5 Å². The van der Waals surface area contributed by atoms with E-state index in [1.807, 2.05) is 32.9 Å². The molecule has 26 heavy (non-hydrogen) atoms. The first kappa shape index (κ1) is 24.7. The number of rotatable bonds is 13. The van der Waals surface area contributed by atoms with E-state index >= 15 is 0 Å². The zero-order valence-electron chi connectivity index (χ0n) is 18.0. The molecule has 0 saturated heterocycles. The lowest BCUT2D eigenvalue weighted by molar-refractivity contribution is -0.156. The van der Waals surface area contributed by atoms with Crippen molar-refractivity contribution in [2.24, 2.45) is 5.92 Å². The highest BCUT2D eigenvalue weighted by Crippen LogP contribution is 2.18. The van der Waals surface area contributed by atoms with Crippen LogP contribution in [0.2, 0.25) is 0 Å². The molecule has 0 aliphatic carbocycles. The maximum absolute atomic E-state index is 12.2. The van der Waals surface area contributed by atoms with Crippen molar-refractivity contribution in [2.45, 2.75) is 78.7 Å². The molecule has 0 rings (SSSR count). The largest absolute Gasteiger partial charge is 0.460 e. The number of carbonyl (C=O) groups is 1. The summed E-state index contributed by atoms with van der Waals surface area (Å²) in [7, 11) is 2.16. The van der Waals surface area contributed by atoms with Crippen LogP contribution in [0.4, 0.5) is 0 Å². The van der Waals surface area contributed by atoms with Gasteiger partial charge in [-0.3, -0.25) is 4.79 Å². The van der Waals surface area contributed by atoms with Crippen molar-refractivity contribution >= 4 is 5.97 Å². The molecule has 0 amide bonds. The third-order valence-electron chi connectivity index (χ3n) is 4.23. The number of ether oxygens (including phenoxy) is 1. The van der Waals surface area contributed by atoms with Crippen molar-refractivity contribution in [3.63, 3.8) is 0 Å². The van der Waals surface area contributed by atoms with Crippen LogP contribution in [0.1, 0.15) is 73.1 Å². The summed E-state index contributed by atoms with van der Waals surface area (Å²) < 4.78 is 5.51. The third-order valence-corrected chi connectivity index (χ3v) is 4.23. The molecule has 3 heteroatoms. The first-order valence-electron chi connectivity index (χ1n) is 10.1. The number of allylic oxidation sites excluding steroid dienone is 5. The summed E-state index contributed by atoms with van der Waals surface area (Å²) in [5.74, 6) is 0.300. The van der Waals surface area contributed by atoms with Crippen LogP contribution in [-0.4, -0.2) is 36.6 Å². The van der Waals surface area contributed by atoms with Crippen LogP contribution in [0.25, 0.3) is 0 Å². The van der Waals surface area contributed by atoms with Crippen LogP contribution in [0.15, 0.2) is 36.5 Å². The Kier molecular flexibility index (Phi) is 13.1. The van der Waals surface area contributed by atoms with Gasteiger partial charge in [0, 0.05) is 13.0 Å². The second kappa shape index (κ2) is 13.8. The molecule has 150 valence electrons. The lowest BCUT2D eigenvalue weighted by Gasteiger charge is -2.25. The van der Waals surface area contributed by atoms with Crippen molar-refractivity contribution in [1.29, 1.82) is 0 Å². The summed E-state index contributed by atoms with van der Waals surface area (Å²) in [5, 5.41) is 0. The zero-order chi connectivity index (χ0) is 20.0. The zero-order valence-corrected chi connectivity index (χ0v) is 18.0. The summed E-state index contributed by atoms with van der Waals surface area (Å²) >= 11 is 0. The van der Waals surface area contributed by atoms with Gasteiger partial charge in [-0.05, 0) is 66.5 Å². The molecule has 3 nitrogen and oxygen atoms in total. The van der Waals surface area contributed by atoms with E-state index in [-0.39, 0.29) is 5.97 Å². The molecule has 1 unspecified atom stereocenters. The number of hydrogen-bond donors (Lipinski definition) is 0. The van der Waals surface area contributed by atoms with Crippen LogP contribution in [0.3, 0.4) is 0 Å². The molecule has 1 atom stereocenters. The molecule has 0 aromatic rings. The van der Waals surface area contributed by atoms with Gasteiger partial charge in [-0.2, -0.15) is 0 Å². The maximum Gasteiger partial charge on any atom is 0.306 e. The Morgan fingerprint density at radius 1 is 1.27 bits per heavy atom. The predicted molar refractivity (Wildman–Crippen MR) is 113 cm³/mol. The molecule has 0 aliphatic rings. The van der Waals surface area contributed by atoms with Crippen molar-refractivity contribution in [3.8, 4) is 0 Å². The minimum atomic E-state index is -0.403. The topological polar surface area (TPSA) is 29.5 Å². The Labute approximate surface area is 162 Å². The molecule has 0 N–H and O–H groups in total. The standard InChI is InChI=1S/C23H41NO2/c1-8-11-14-20(10-3)16-13-17-24(7)19-21(15-12-9-2)18-22(25)26-23(4,5)6/h8,10-11,14,21H,1,9,12-13,15-19H2,2-7H3/b14-11-,20-10+. The van der Waals surface area contributed by atoms with Crippen LogP contribution in [0, 0.1) is 5.92 Å². The van der Waals surface area contributed by atoms with Crippen molar-refractivity contribution in [3.05, 3.63) is 36.5 Å². The number of nitrogens with zero attached hydrogens (tertiary/aromatic N) is 1. The molecular formula is C23H41NO2. The fraction of sp³-hybridized carbons (Fsp3) is 0.696. The molecule has 0 radical (unpaired) electrons. The highest BCUT2D eigenvalue weighted by molar-refractivity contribution is 5.70. The molecule has 0 aliphatic heterocycles. The van der Waals surface area contributed by atoms with Crippen LogP contribution >= 0.6 is 0 Å². The lowest BCUT2D eigenvalue weighted by Crippen LogP contribution is -2.31. The average Bonchev–Trinajstić information content (AvgIpc) is 2.53. The minimum Gasteiger partial charge on any atom is -0.460 e. The van der Waals surface area contributed by atoms with E-state index in [0.29, 0.717) is 12.3 Å². The molecule has 0 fully saturated rings. The van der Waals surface area contributed by atoms with Crippen molar-refractivity contribution < 1.29 is 9.53 Å². The molecule has 0 aromatic heterocycles. The molecule has 0 bridgehead atoms. The minimum absolute atomic E-state index is 0.0715. The molecular weight excluding hydrogens is 322 g/mol. The van der Waals surface area contributed by atoms with Gasteiger partial charge in [0.2, 0.25) is 0 Å². The first-order chi connectivity index (χ1) is 12.2. The highest BCUT2D eigenvalue weighted by Gasteiger charge is 2.21. The van der Waals surface area contributed by atoms with Crippen molar-refractivity contribution in [1.82, 2.24) is 4.90 Å². The fourth-order valence-corrected chi connectivity index (χ4v) is 2.97. The Morgan fingerprint density at radius 2 is 1.96 bits per heavy atom. The summed E-state index contributed by atoms with van der Waals surface area (Å²) in [6.45, 7) is 15.8. The normalized spacial score (nSPS) is 14.0. The summed E-state index contributed by atoms with van der Waals surface area (Å²) in [6, 6.07) is 0. The quantitative estimate of drug-likeness (QED) is 0.300. The Bertz CT molecular complexity index is 457. The van der Waals surface area contributed by atoms with E-state index in [4.69, 9.17) is 4.74 Å². The number of esters is 1. The molecule has 0 saturated carbocycles. The van der Waals surface area contributed by atoms with E-state index in [1.165, 1.54) is 5.57 Å².